The van der Waals surface area contributed by atoms with Crippen molar-refractivity contribution in [2.24, 2.45) is 5.41 Å². The van der Waals surface area contributed by atoms with Gasteiger partial charge in [-0.3, -0.25) is 9.36 Å². The Morgan fingerprint density at radius 3 is 2.78 bits per heavy atom. The van der Waals surface area contributed by atoms with E-state index in [1.165, 1.54) is 6.07 Å². The van der Waals surface area contributed by atoms with Crippen molar-refractivity contribution >= 4 is 11.6 Å². The molecule has 1 aliphatic rings. The molecule has 1 fully saturated rings. The Balaban J connectivity index is 2.39. The molecule has 1 aromatic heterocycles. The minimum Gasteiger partial charge on any atom is -0.296 e. The van der Waals surface area contributed by atoms with E-state index in [9.17, 15) is 4.79 Å². The molecule has 0 aromatic carbocycles. The average Bonchev–Trinajstić information content (AvgIpc) is 3.02. The molecule has 0 N–H and O–H groups in total. The molecule has 5 heteroatoms. The molecule has 0 amide bonds. The van der Waals surface area contributed by atoms with Gasteiger partial charge in [0.2, 0.25) is 0 Å². The number of hydrogen-bond acceptors (Lipinski definition) is 3. The van der Waals surface area contributed by atoms with Crippen molar-refractivity contribution in [1.29, 1.82) is 5.26 Å². The van der Waals surface area contributed by atoms with Crippen molar-refractivity contribution in [1.82, 2.24) is 9.55 Å². The third-order valence-corrected chi connectivity index (χ3v) is 3.62. The first kappa shape index (κ1) is 13.1. The number of aromatic nitrogens is 2. The highest BCUT2D eigenvalue weighted by Crippen LogP contribution is 2.49. The minimum absolute atomic E-state index is 0.0161. The summed E-state index contributed by atoms with van der Waals surface area (Å²) in [6, 6.07) is 3.55. The van der Waals surface area contributed by atoms with Crippen LogP contribution in [0.15, 0.2) is 10.9 Å². The number of halogens is 1. The van der Waals surface area contributed by atoms with Crippen LogP contribution in [0.3, 0.4) is 0 Å². The fraction of sp³-hybridized carbons (Fsp3) is 0.615. The van der Waals surface area contributed by atoms with Gasteiger partial charge in [-0.15, -0.1) is 0 Å². The fourth-order valence-electron chi connectivity index (χ4n) is 2.17. The van der Waals surface area contributed by atoms with Gasteiger partial charge in [-0.1, -0.05) is 25.4 Å². The smallest absolute Gasteiger partial charge is 0.255 e. The van der Waals surface area contributed by atoms with Crippen LogP contribution in [0.1, 0.15) is 44.9 Å². The number of nitriles is 1. The van der Waals surface area contributed by atoms with Gasteiger partial charge in [0, 0.05) is 30.4 Å². The highest BCUT2D eigenvalue weighted by molar-refractivity contribution is 6.29. The number of hydrogen-bond donors (Lipinski definition) is 0. The van der Waals surface area contributed by atoms with Gasteiger partial charge >= 0.3 is 0 Å². The Kier molecular flexibility index (Phi) is 3.45. The van der Waals surface area contributed by atoms with Gasteiger partial charge in [0.15, 0.2) is 0 Å². The fourth-order valence-corrected chi connectivity index (χ4v) is 2.35. The molecule has 1 aliphatic carbocycles. The summed E-state index contributed by atoms with van der Waals surface area (Å²) in [6.45, 7) is 4.55. The zero-order valence-electron chi connectivity index (χ0n) is 10.6. The highest BCUT2D eigenvalue weighted by Gasteiger charge is 2.43. The number of rotatable bonds is 4. The van der Waals surface area contributed by atoms with Crippen LogP contribution in [-0.2, 0) is 6.54 Å². The molecule has 96 valence electrons. The molecule has 0 bridgehead atoms. The molecule has 2 rings (SSSR count). The van der Waals surface area contributed by atoms with Crippen molar-refractivity contribution in [2.75, 3.05) is 0 Å². The van der Waals surface area contributed by atoms with E-state index in [0.29, 0.717) is 18.8 Å². The maximum Gasteiger partial charge on any atom is 0.255 e. The molecule has 0 atom stereocenters. The summed E-state index contributed by atoms with van der Waals surface area (Å²) in [6.07, 6.45) is 2.51. The molecule has 0 radical (unpaired) electrons. The largest absolute Gasteiger partial charge is 0.296 e. The molecule has 18 heavy (non-hydrogen) atoms. The predicted molar refractivity (Wildman–Crippen MR) is 69.5 cm³/mol. The second-order valence-electron chi connectivity index (χ2n) is 5.35. The van der Waals surface area contributed by atoms with E-state index in [4.69, 9.17) is 16.9 Å². The molecule has 1 heterocycles. The lowest BCUT2D eigenvalue weighted by molar-refractivity contribution is 0.404. The second kappa shape index (κ2) is 4.74. The predicted octanol–water partition coefficient (Wildman–Crippen LogP) is 2.71. The summed E-state index contributed by atoms with van der Waals surface area (Å²) in [4.78, 5) is 16.3. The van der Waals surface area contributed by atoms with Crippen molar-refractivity contribution in [3.05, 3.63) is 27.4 Å². The van der Waals surface area contributed by atoms with E-state index in [1.54, 1.807) is 4.57 Å². The van der Waals surface area contributed by atoms with Crippen molar-refractivity contribution in [2.45, 2.75) is 45.6 Å². The first-order valence-electron chi connectivity index (χ1n) is 6.12. The second-order valence-corrected chi connectivity index (χ2v) is 5.74. The van der Waals surface area contributed by atoms with E-state index < -0.39 is 0 Å². The summed E-state index contributed by atoms with van der Waals surface area (Å²) < 4.78 is 1.68. The maximum absolute atomic E-state index is 12.0. The van der Waals surface area contributed by atoms with Gasteiger partial charge in [-0.25, -0.2) is 4.98 Å². The van der Waals surface area contributed by atoms with Crippen LogP contribution in [0.4, 0.5) is 0 Å². The van der Waals surface area contributed by atoms with Crippen LogP contribution < -0.4 is 5.56 Å². The molecular formula is C13H16ClN3O. The summed E-state index contributed by atoms with van der Waals surface area (Å²) in [5, 5.41) is 9.08. The summed E-state index contributed by atoms with van der Waals surface area (Å²) in [5.41, 5.74) is -0.138. The maximum atomic E-state index is 12.0. The average molecular weight is 266 g/mol. The topological polar surface area (TPSA) is 58.7 Å². The molecule has 0 saturated heterocycles. The molecule has 4 nitrogen and oxygen atoms in total. The number of nitrogens with zero attached hydrogens (tertiary/aromatic N) is 3. The first-order chi connectivity index (χ1) is 8.47. The van der Waals surface area contributed by atoms with Crippen LogP contribution in [0.2, 0.25) is 5.15 Å². The van der Waals surface area contributed by atoms with Gasteiger partial charge in [0.1, 0.15) is 11.0 Å². The Hall–Kier alpha value is -1.34. The van der Waals surface area contributed by atoms with E-state index in [1.807, 2.05) is 13.8 Å². The van der Waals surface area contributed by atoms with Crippen LogP contribution >= 0.6 is 11.6 Å². The Labute approximate surface area is 111 Å². The zero-order valence-corrected chi connectivity index (χ0v) is 11.4. The quantitative estimate of drug-likeness (QED) is 0.787. The van der Waals surface area contributed by atoms with Crippen LogP contribution in [0.5, 0.6) is 0 Å². The van der Waals surface area contributed by atoms with Gasteiger partial charge in [-0.2, -0.15) is 5.26 Å². The monoisotopic (exact) mass is 265 g/mol. The molecule has 1 aromatic rings. The molecular weight excluding hydrogens is 250 g/mol. The lowest BCUT2D eigenvalue weighted by Crippen LogP contribution is -2.29. The Morgan fingerprint density at radius 1 is 1.61 bits per heavy atom. The van der Waals surface area contributed by atoms with Gasteiger partial charge in [0.25, 0.3) is 5.56 Å². The zero-order chi connectivity index (χ0) is 13.3. The lowest BCUT2D eigenvalue weighted by Gasteiger charge is -2.18. The third kappa shape index (κ3) is 2.56. The molecule has 0 aliphatic heterocycles. The first-order valence-corrected chi connectivity index (χ1v) is 6.49. The SMILES string of the molecule is CC(C)c1nc(Cl)cc(=O)n1CC1(CC#N)CC1. The van der Waals surface area contributed by atoms with E-state index >= 15 is 0 Å². The van der Waals surface area contributed by atoms with Crippen molar-refractivity contribution < 1.29 is 0 Å². The molecule has 0 unspecified atom stereocenters. The van der Waals surface area contributed by atoms with Crippen LogP contribution in [-0.4, -0.2) is 9.55 Å². The van der Waals surface area contributed by atoms with Crippen molar-refractivity contribution in [3.63, 3.8) is 0 Å². The van der Waals surface area contributed by atoms with Crippen LogP contribution in [0, 0.1) is 16.7 Å². The van der Waals surface area contributed by atoms with E-state index in [2.05, 4.69) is 11.1 Å². The van der Waals surface area contributed by atoms with Gasteiger partial charge in [0.05, 0.1) is 6.07 Å². The summed E-state index contributed by atoms with van der Waals surface area (Å²) >= 11 is 5.84. The summed E-state index contributed by atoms with van der Waals surface area (Å²) in [7, 11) is 0. The van der Waals surface area contributed by atoms with Crippen LogP contribution in [0.25, 0.3) is 0 Å². The molecule has 0 spiro atoms. The standard InChI is InChI=1S/C13H16ClN3O/c1-9(2)12-16-10(14)7-11(18)17(12)8-13(3-4-13)5-6-15/h7,9H,3-5,8H2,1-2H3. The minimum atomic E-state index is -0.122. The summed E-state index contributed by atoms with van der Waals surface area (Å²) in [5.74, 6) is 0.839. The van der Waals surface area contributed by atoms with Gasteiger partial charge in [-0.05, 0) is 12.8 Å². The third-order valence-electron chi connectivity index (χ3n) is 3.43. The Bertz CT molecular complexity index is 552. The van der Waals surface area contributed by atoms with E-state index in [0.717, 1.165) is 12.8 Å². The van der Waals surface area contributed by atoms with Crippen molar-refractivity contribution in [3.8, 4) is 6.07 Å². The Morgan fingerprint density at radius 2 is 2.28 bits per heavy atom. The van der Waals surface area contributed by atoms with Gasteiger partial charge < -0.3 is 0 Å². The lowest BCUT2D eigenvalue weighted by atomic mass is 10.0. The molecule has 1 saturated carbocycles. The van der Waals surface area contributed by atoms with E-state index in [-0.39, 0.29) is 22.0 Å². The normalized spacial score (nSPS) is 16.6. The highest BCUT2D eigenvalue weighted by atomic mass is 35.5.